The lowest BCUT2D eigenvalue weighted by molar-refractivity contribution is -0.147. The van der Waals surface area contributed by atoms with E-state index in [2.05, 4.69) is 10.3 Å². The van der Waals surface area contributed by atoms with Crippen molar-refractivity contribution >= 4 is 11.9 Å². The van der Waals surface area contributed by atoms with Crippen LogP contribution in [0.3, 0.4) is 0 Å². The third-order valence-corrected chi connectivity index (χ3v) is 5.07. The van der Waals surface area contributed by atoms with Crippen LogP contribution in [0.5, 0.6) is 5.75 Å². The molecule has 7 nitrogen and oxygen atoms in total. The Balaban J connectivity index is 1.70. The second-order valence-electron chi connectivity index (χ2n) is 6.88. The molecule has 3 rings (SSSR count). The maximum Gasteiger partial charge on any atom is 0.307 e. The zero-order chi connectivity index (χ0) is 19.9. The molecule has 1 aliphatic rings. The first kappa shape index (κ1) is 19.8. The molecule has 1 aromatic heterocycles. The summed E-state index contributed by atoms with van der Waals surface area (Å²) in [5, 5.41) is 13.0. The first-order valence-corrected chi connectivity index (χ1v) is 9.34. The van der Waals surface area contributed by atoms with Crippen molar-refractivity contribution in [3.05, 3.63) is 59.9 Å². The number of hydrogen-bond donors (Lipinski definition) is 2. The monoisotopic (exact) mass is 383 g/mol. The van der Waals surface area contributed by atoms with E-state index in [1.54, 1.807) is 36.5 Å². The number of aromatic nitrogens is 1. The highest BCUT2D eigenvalue weighted by Crippen LogP contribution is 2.25. The Morgan fingerprint density at radius 3 is 2.61 bits per heavy atom. The van der Waals surface area contributed by atoms with Crippen LogP contribution in [0.2, 0.25) is 0 Å². The topological polar surface area (TPSA) is 91.8 Å². The number of carboxylic acids is 1. The van der Waals surface area contributed by atoms with Crippen LogP contribution in [-0.2, 0) is 16.0 Å². The minimum absolute atomic E-state index is 0.0249. The van der Waals surface area contributed by atoms with E-state index in [1.165, 1.54) is 0 Å². The SMILES string of the molecule is COc1ccc(CC(CC(=O)N2CCNCC2c2ccncc2)C(=O)O)cc1. The molecule has 2 unspecified atom stereocenters. The fraction of sp³-hybridized carbons (Fsp3) is 0.381. The van der Waals surface area contributed by atoms with E-state index >= 15 is 0 Å². The first-order valence-electron chi connectivity index (χ1n) is 9.34. The van der Waals surface area contributed by atoms with Crippen molar-refractivity contribution in [2.45, 2.75) is 18.9 Å². The number of rotatable bonds is 7. The largest absolute Gasteiger partial charge is 0.497 e. The molecule has 1 fully saturated rings. The average Bonchev–Trinajstić information content (AvgIpc) is 2.74. The van der Waals surface area contributed by atoms with Gasteiger partial charge in [-0.15, -0.1) is 0 Å². The predicted octanol–water partition coefficient (Wildman–Crippen LogP) is 1.90. The summed E-state index contributed by atoms with van der Waals surface area (Å²) in [5.74, 6) is -1.15. The third-order valence-electron chi connectivity index (χ3n) is 5.07. The molecule has 28 heavy (non-hydrogen) atoms. The second-order valence-corrected chi connectivity index (χ2v) is 6.88. The summed E-state index contributed by atoms with van der Waals surface area (Å²) >= 11 is 0. The Morgan fingerprint density at radius 1 is 1.25 bits per heavy atom. The van der Waals surface area contributed by atoms with Crippen LogP contribution in [0, 0.1) is 5.92 Å². The van der Waals surface area contributed by atoms with E-state index in [0.717, 1.165) is 11.1 Å². The highest BCUT2D eigenvalue weighted by atomic mass is 16.5. The number of nitrogens with zero attached hydrogens (tertiary/aromatic N) is 2. The van der Waals surface area contributed by atoms with Crippen LogP contribution in [0.25, 0.3) is 0 Å². The zero-order valence-electron chi connectivity index (χ0n) is 15.9. The molecule has 7 heteroatoms. The Hall–Kier alpha value is -2.93. The number of amides is 1. The van der Waals surface area contributed by atoms with Gasteiger partial charge in [0.05, 0.1) is 19.1 Å². The summed E-state index contributed by atoms with van der Waals surface area (Å²) in [6, 6.07) is 10.9. The molecule has 1 amide bonds. The quantitative estimate of drug-likeness (QED) is 0.759. The number of methoxy groups -OCH3 is 1. The minimum atomic E-state index is -0.959. The van der Waals surface area contributed by atoms with Gasteiger partial charge in [0.1, 0.15) is 5.75 Å². The molecule has 0 saturated carbocycles. The van der Waals surface area contributed by atoms with Crippen LogP contribution in [0.4, 0.5) is 0 Å². The lowest BCUT2D eigenvalue weighted by Crippen LogP contribution is -2.49. The number of ether oxygens (including phenoxy) is 1. The van der Waals surface area contributed by atoms with Gasteiger partial charge in [-0.1, -0.05) is 12.1 Å². The molecule has 1 aliphatic heterocycles. The summed E-state index contributed by atoms with van der Waals surface area (Å²) in [6.45, 7) is 1.90. The second kappa shape index (κ2) is 9.32. The summed E-state index contributed by atoms with van der Waals surface area (Å²) in [5.41, 5.74) is 1.87. The van der Waals surface area contributed by atoms with Gasteiger partial charge in [-0.25, -0.2) is 0 Å². The van der Waals surface area contributed by atoms with Gasteiger partial charge >= 0.3 is 5.97 Å². The molecule has 0 aliphatic carbocycles. The Bertz CT molecular complexity index is 795. The van der Waals surface area contributed by atoms with E-state index in [9.17, 15) is 14.7 Å². The number of carbonyl (C=O) groups excluding carboxylic acids is 1. The summed E-state index contributed by atoms with van der Waals surface area (Å²) in [7, 11) is 1.58. The highest BCUT2D eigenvalue weighted by molar-refractivity contribution is 5.83. The van der Waals surface area contributed by atoms with Crippen molar-refractivity contribution in [3.8, 4) is 5.75 Å². The Labute approximate surface area is 164 Å². The molecule has 2 aromatic rings. The fourth-order valence-electron chi connectivity index (χ4n) is 3.51. The van der Waals surface area contributed by atoms with Crippen LogP contribution >= 0.6 is 0 Å². The Kier molecular flexibility index (Phi) is 6.60. The number of benzene rings is 1. The number of aliphatic carboxylic acids is 1. The molecule has 2 N–H and O–H groups in total. The fourth-order valence-corrected chi connectivity index (χ4v) is 3.51. The van der Waals surface area contributed by atoms with E-state index in [0.29, 0.717) is 31.8 Å². The van der Waals surface area contributed by atoms with Gasteiger partial charge in [-0.3, -0.25) is 14.6 Å². The highest BCUT2D eigenvalue weighted by Gasteiger charge is 2.31. The molecule has 1 aromatic carbocycles. The predicted molar refractivity (Wildman–Crippen MR) is 104 cm³/mol. The minimum Gasteiger partial charge on any atom is -0.497 e. The van der Waals surface area contributed by atoms with E-state index in [-0.39, 0.29) is 18.4 Å². The number of pyridine rings is 1. The van der Waals surface area contributed by atoms with Crippen LogP contribution in [-0.4, -0.2) is 53.6 Å². The van der Waals surface area contributed by atoms with E-state index in [1.807, 2.05) is 24.3 Å². The zero-order valence-corrected chi connectivity index (χ0v) is 15.9. The van der Waals surface area contributed by atoms with Crippen molar-refractivity contribution in [2.75, 3.05) is 26.7 Å². The molecule has 0 spiro atoms. The Morgan fingerprint density at radius 2 is 1.96 bits per heavy atom. The van der Waals surface area contributed by atoms with Crippen LogP contribution < -0.4 is 10.1 Å². The number of carbonyl (C=O) groups is 2. The van der Waals surface area contributed by atoms with Crippen molar-refractivity contribution in [1.82, 2.24) is 15.2 Å². The number of piperazine rings is 1. The molecule has 2 heterocycles. The molecule has 0 radical (unpaired) electrons. The molecule has 2 atom stereocenters. The number of carboxylic acid groups (broad SMARTS) is 1. The number of nitrogens with one attached hydrogen (secondary N) is 1. The van der Waals surface area contributed by atoms with Crippen molar-refractivity contribution < 1.29 is 19.4 Å². The molecule has 1 saturated heterocycles. The lowest BCUT2D eigenvalue weighted by atomic mass is 9.94. The first-order chi connectivity index (χ1) is 13.6. The summed E-state index contributed by atoms with van der Waals surface area (Å²) in [4.78, 5) is 30.6. The maximum absolute atomic E-state index is 13.0. The van der Waals surface area contributed by atoms with Crippen LogP contribution in [0.15, 0.2) is 48.8 Å². The standard InChI is InChI=1S/C21H25N3O4/c1-28-18-4-2-15(3-5-18)12-17(21(26)27)13-20(25)24-11-10-23-14-19(24)16-6-8-22-9-7-16/h2-9,17,19,23H,10-14H2,1H3,(H,26,27). The number of hydrogen-bond acceptors (Lipinski definition) is 5. The van der Waals surface area contributed by atoms with E-state index in [4.69, 9.17) is 4.74 Å². The third kappa shape index (κ3) is 4.86. The van der Waals surface area contributed by atoms with Crippen molar-refractivity contribution in [3.63, 3.8) is 0 Å². The molecular weight excluding hydrogens is 358 g/mol. The smallest absolute Gasteiger partial charge is 0.307 e. The van der Waals surface area contributed by atoms with Gasteiger partial charge < -0.3 is 20.1 Å². The average molecular weight is 383 g/mol. The maximum atomic E-state index is 13.0. The van der Waals surface area contributed by atoms with E-state index < -0.39 is 11.9 Å². The summed E-state index contributed by atoms with van der Waals surface area (Å²) < 4.78 is 5.13. The van der Waals surface area contributed by atoms with Gasteiger partial charge in [0.15, 0.2) is 0 Å². The van der Waals surface area contributed by atoms with Gasteiger partial charge in [0.2, 0.25) is 5.91 Å². The van der Waals surface area contributed by atoms with Gasteiger partial charge in [0, 0.05) is 38.4 Å². The normalized spacial score (nSPS) is 17.8. The van der Waals surface area contributed by atoms with Crippen molar-refractivity contribution in [1.29, 1.82) is 0 Å². The molecule has 148 valence electrons. The van der Waals surface area contributed by atoms with Gasteiger partial charge in [0.25, 0.3) is 0 Å². The lowest BCUT2D eigenvalue weighted by Gasteiger charge is -2.37. The molecule has 0 bridgehead atoms. The van der Waals surface area contributed by atoms with Gasteiger partial charge in [-0.2, -0.15) is 0 Å². The van der Waals surface area contributed by atoms with Crippen molar-refractivity contribution in [2.24, 2.45) is 5.92 Å². The van der Waals surface area contributed by atoms with Crippen LogP contribution in [0.1, 0.15) is 23.6 Å². The summed E-state index contributed by atoms with van der Waals surface area (Å²) in [6.07, 6.45) is 3.69. The van der Waals surface area contributed by atoms with Gasteiger partial charge in [-0.05, 0) is 41.8 Å². The molecular formula is C21H25N3O4.